The summed E-state index contributed by atoms with van der Waals surface area (Å²) in [5.74, 6) is 0.289. The van der Waals surface area contributed by atoms with Crippen molar-refractivity contribution in [1.29, 1.82) is 0 Å². The fourth-order valence-electron chi connectivity index (χ4n) is 2.59. The zero-order valence-electron chi connectivity index (χ0n) is 12.3. The lowest BCUT2D eigenvalue weighted by Crippen LogP contribution is -2.52. The first kappa shape index (κ1) is 14.7. The zero-order valence-corrected chi connectivity index (χ0v) is 12.3. The van der Waals surface area contributed by atoms with Gasteiger partial charge in [0.25, 0.3) is 5.91 Å². The van der Waals surface area contributed by atoms with Gasteiger partial charge in [-0.2, -0.15) is 0 Å². The summed E-state index contributed by atoms with van der Waals surface area (Å²) in [5.41, 5.74) is 6.97. The van der Waals surface area contributed by atoms with Gasteiger partial charge < -0.3 is 20.5 Å². The number of nitrogens with zero attached hydrogens (tertiary/aromatic N) is 3. The van der Waals surface area contributed by atoms with Crippen molar-refractivity contribution in [2.75, 3.05) is 25.5 Å². The van der Waals surface area contributed by atoms with Gasteiger partial charge in [-0.3, -0.25) is 4.79 Å². The molecular formula is C15H18N4O3. The number of hydrogen-bond acceptors (Lipinski definition) is 6. The summed E-state index contributed by atoms with van der Waals surface area (Å²) in [6.07, 6.45) is 1.05. The van der Waals surface area contributed by atoms with Crippen LogP contribution in [0.5, 0.6) is 0 Å². The predicted octanol–water partition coefficient (Wildman–Crippen LogP) is 0.434. The van der Waals surface area contributed by atoms with Gasteiger partial charge in [0, 0.05) is 17.5 Å². The quantitative estimate of drug-likeness (QED) is 0.834. The van der Waals surface area contributed by atoms with Crippen LogP contribution < -0.4 is 5.73 Å². The molecule has 1 fully saturated rings. The number of aliphatic hydroxyl groups excluding tert-OH is 1. The van der Waals surface area contributed by atoms with Crippen molar-refractivity contribution in [3.63, 3.8) is 0 Å². The van der Waals surface area contributed by atoms with E-state index in [9.17, 15) is 9.90 Å². The molecule has 7 heteroatoms. The van der Waals surface area contributed by atoms with Crippen molar-refractivity contribution in [1.82, 2.24) is 14.9 Å². The molecule has 116 valence electrons. The summed E-state index contributed by atoms with van der Waals surface area (Å²) < 4.78 is 5.46. The lowest BCUT2D eigenvalue weighted by molar-refractivity contribution is -0.0667. The van der Waals surface area contributed by atoms with Gasteiger partial charge in [0.1, 0.15) is 12.1 Å². The van der Waals surface area contributed by atoms with Crippen LogP contribution in [0.1, 0.15) is 17.3 Å². The first-order valence-electron chi connectivity index (χ1n) is 7.14. The lowest BCUT2D eigenvalue weighted by atomic mass is 10.1. The number of benzene rings is 1. The molecule has 7 nitrogen and oxygen atoms in total. The second-order valence-electron chi connectivity index (χ2n) is 5.44. The number of ether oxygens (including phenoxy) is 1. The predicted molar refractivity (Wildman–Crippen MR) is 81.3 cm³/mol. The number of rotatable bonds is 2. The van der Waals surface area contributed by atoms with E-state index in [0.717, 1.165) is 5.39 Å². The number of aliphatic hydroxyl groups is 1. The van der Waals surface area contributed by atoms with Crippen molar-refractivity contribution in [3.8, 4) is 0 Å². The molecule has 1 aliphatic heterocycles. The van der Waals surface area contributed by atoms with Crippen molar-refractivity contribution < 1.29 is 14.6 Å². The largest absolute Gasteiger partial charge is 0.394 e. The summed E-state index contributed by atoms with van der Waals surface area (Å²) in [6, 6.07) is 5.15. The number of hydrogen-bond donors (Lipinski definition) is 2. The highest BCUT2D eigenvalue weighted by atomic mass is 16.5. The van der Waals surface area contributed by atoms with Crippen molar-refractivity contribution >= 4 is 22.6 Å². The van der Waals surface area contributed by atoms with Crippen LogP contribution in [0.4, 0.5) is 5.82 Å². The SMILES string of the molecule is CC1COC(CO)CN1C(=O)c1ccc2c(N)ncnc2c1. The van der Waals surface area contributed by atoms with Crippen molar-refractivity contribution in [2.45, 2.75) is 19.1 Å². The Morgan fingerprint density at radius 3 is 3.09 bits per heavy atom. The van der Waals surface area contributed by atoms with Gasteiger partial charge >= 0.3 is 0 Å². The normalized spacial score (nSPS) is 22.0. The maximum Gasteiger partial charge on any atom is 0.254 e. The third-order valence-electron chi connectivity index (χ3n) is 3.88. The molecular weight excluding hydrogens is 284 g/mol. The standard InChI is InChI=1S/C15H18N4O3/c1-9-7-22-11(6-20)5-19(9)15(21)10-2-3-12-13(4-10)17-8-18-14(12)16/h2-4,8-9,11,20H,5-7H2,1H3,(H2,16,17,18). The van der Waals surface area contributed by atoms with E-state index in [1.807, 2.05) is 6.92 Å². The van der Waals surface area contributed by atoms with Crippen LogP contribution in [0.2, 0.25) is 0 Å². The van der Waals surface area contributed by atoms with Crippen molar-refractivity contribution in [3.05, 3.63) is 30.1 Å². The molecule has 0 radical (unpaired) electrons. The number of nitrogens with two attached hydrogens (primary N) is 1. The molecule has 2 heterocycles. The number of fused-ring (bicyclic) bond motifs is 1. The Hall–Kier alpha value is -2.25. The molecule has 1 amide bonds. The van der Waals surface area contributed by atoms with E-state index in [1.54, 1.807) is 23.1 Å². The van der Waals surface area contributed by atoms with E-state index in [-0.39, 0.29) is 24.7 Å². The van der Waals surface area contributed by atoms with Crippen LogP contribution in [0, 0.1) is 0 Å². The highest BCUT2D eigenvalue weighted by molar-refractivity contribution is 5.99. The van der Waals surface area contributed by atoms with Gasteiger partial charge in [-0.1, -0.05) is 0 Å². The van der Waals surface area contributed by atoms with Gasteiger partial charge in [0.2, 0.25) is 0 Å². The van der Waals surface area contributed by atoms with Crippen molar-refractivity contribution in [2.24, 2.45) is 0 Å². The highest BCUT2D eigenvalue weighted by Crippen LogP contribution is 2.21. The Morgan fingerprint density at radius 1 is 1.50 bits per heavy atom. The topological polar surface area (TPSA) is 102 Å². The molecule has 22 heavy (non-hydrogen) atoms. The molecule has 3 rings (SSSR count). The second kappa shape index (κ2) is 5.86. The maximum atomic E-state index is 12.7. The van der Waals surface area contributed by atoms with E-state index < -0.39 is 0 Å². The average molecular weight is 302 g/mol. The lowest BCUT2D eigenvalue weighted by Gasteiger charge is -2.37. The molecule has 1 aliphatic rings. The van der Waals surface area contributed by atoms with E-state index in [4.69, 9.17) is 10.5 Å². The van der Waals surface area contributed by atoms with E-state index in [0.29, 0.717) is 30.0 Å². The molecule has 1 aromatic carbocycles. The Balaban J connectivity index is 1.91. The van der Waals surface area contributed by atoms with Crippen LogP contribution in [0.3, 0.4) is 0 Å². The van der Waals surface area contributed by atoms with Crippen LogP contribution in [-0.2, 0) is 4.74 Å². The first-order chi connectivity index (χ1) is 10.6. The van der Waals surface area contributed by atoms with Crippen LogP contribution in [0.25, 0.3) is 10.9 Å². The fourth-order valence-corrected chi connectivity index (χ4v) is 2.59. The molecule has 2 atom stereocenters. The Labute approximate surface area is 127 Å². The molecule has 0 saturated carbocycles. The minimum absolute atomic E-state index is 0.0403. The van der Waals surface area contributed by atoms with Gasteiger partial charge in [-0.15, -0.1) is 0 Å². The molecule has 2 aromatic rings. The Morgan fingerprint density at radius 2 is 2.32 bits per heavy atom. The number of anilines is 1. The van der Waals surface area contributed by atoms with E-state index in [2.05, 4.69) is 9.97 Å². The minimum Gasteiger partial charge on any atom is -0.394 e. The monoisotopic (exact) mass is 302 g/mol. The van der Waals surface area contributed by atoms with Gasteiger partial charge in [0.15, 0.2) is 0 Å². The van der Waals surface area contributed by atoms with E-state index >= 15 is 0 Å². The smallest absolute Gasteiger partial charge is 0.254 e. The summed E-state index contributed by atoms with van der Waals surface area (Å²) >= 11 is 0. The Bertz CT molecular complexity index is 706. The molecule has 3 N–H and O–H groups in total. The molecule has 0 bridgehead atoms. The number of aromatic nitrogens is 2. The highest BCUT2D eigenvalue weighted by Gasteiger charge is 2.30. The summed E-state index contributed by atoms with van der Waals surface area (Å²) in [4.78, 5) is 22.5. The summed E-state index contributed by atoms with van der Waals surface area (Å²) in [7, 11) is 0. The average Bonchev–Trinajstić information content (AvgIpc) is 2.54. The number of carbonyl (C=O) groups is 1. The molecule has 1 saturated heterocycles. The van der Waals surface area contributed by atoms with Gasteiger partial charge in [0.05, 0.1) is 30.9 Å². The molecule has 0 aliphatic carbocycles. The number of amides is 1. The zero-order chi connectivity index (χ0) is 15.7. The van der Waals surface area contributed by atoms with Crippen LogP contribution in [-0.4, -0.2) is 57.8 Å². The van der Waals surface area contributed by atoms with Crippen LogP contribution in [0.15, 0.2) is 24.5 Å². The summed E-state index contributed by atoms with van der Waals surface area (Å²) in [6.45, 7) is 2.62. The first-order valence-corrected chi connectivity index (χ1v) is 7.14. The van der Waals surface area contributed by atoms with Gasteiger partial charge in [-0.05, 0) is 25.1 Å². The third kappa shape index (κ3) is 2.60. The maximum absolute atomic E-state index is 12.7. The molecule has 1 aromatic heterocycles. The third-order valence-corrected chi connectivity index (χ3v) is 3.88. The Kier molecular flexibility index (Phi) is 3.91. The minimum atomic E-state index is -0.335. The second-order valence-corrected chi connectivity index (χ2v) is 5.44. The number of morpholine rings is 1. The summed E-state index contributed by atoms with van der Waals surface area (Å²) in [5, 5.41) is 9.95. The number of carbonyl (C=O) groups excluding carboxylic acids is 1. The number of nitrogen functional groups attached to an aromatic ring is 1. The van der Waals surface area contributed by atoms with Gasteiger partial charge in [-0.25, -0.2) is 9.97 Å². The van der Waals surface area contributed by atoms with E-state index in [1.165, 1.54) is 6.33 Å². The molecule has 0 spiro atoms. The fraction of sp³-hybridized carbons (Fsp3) is 0.400. The molecule has 2 unspecified atom stereocenters. The van der Waals surface area contributed by atoms with Crippen LogP contribution >= 0.6 is 0 Å².